The number of methoxy groups -OCH3 is 1. The summed E-state index contributed by atoms with van der Waals surface area (Å²) in [5.41, 5.74) is 2.88. The number of pyridine rings is 1. The number of rotatable bonds is 13. The molecule has 2 aromatic heterocycles. The summed E-state index contributed by atoms with van der Waals surface area (Å²) in [6.45, 7) is 6.35. The monoisotopic (exact) mass is 953 g/mol. The van der Waals surface area contributed by atoms with E-state index in [2.05, 4.69) is 47.4 Å². The van der Waals surface area contributed by atoms with Crippen molar-refractivity contribution < 1.29 is 45.5 Å². The number of aromatic amines is 1. The molecule has 0 bridgehead atoms. The van der Waals surface area contributed by atoms with Crippen LogP contribution in [0.4, 0.5) is 30.2 Å². The lowest BCUT2D eigenvalue weighted by Crippen LogP contribution is -2.72. The number of aromatic nitrogens is 2. The second-order valence-electron chi connectivity index (χ2n) is 18.7. The van der Waals surface area contributed by atoms with Gasteiger partial charge in [0.15, 0.2) is 5.82 Å². The molecule has 5 saturated heterocycles. The molecule has 0 unspecified atom stereocenters. The van der Waals surface area contributed by atoms with Crippen LogP contribution in [0.25, 0.3) is 22.2 Å². The van der Waals surface area contributed by atoms with Crippen LogP contribution in [0, 0.1) is 23.0 Å². The van der Waals surface area contributed by atoms with Crippen molar-refractivity contribution >= 4 is 61.8 Å². The third kappa shape index (κ3) is 8.75. The Morgan fingerprint density at radius 3 is 2.34 bits per heavy atom. The number of H-pyrrole nitrogens is 1. The molecule has 1 spiro atoms. The summed E-state index contributed by atoms with van der Waals surface area (Å²) in [4.78, 5) is 65.0. The average Bonchev–Trinajstić information content (AvgIpc) is 3.95. The number of hydrogen-bond donors (Lipinski definition) is 4. The largest absolute Gasteiger partial charge is 0.496 e. The van der Waals surface area contributed by atoms with Crippen LogP contribution >= 0.6 is 0 Å². The lowest BCUT2D eigenvalue weighted by molar-refractivity contribution is -0.134. The molecule has 20 heteroatoms. The molecule has 3 amide bonds. The third-order valence-corrected chi connectivity index (χ3v) is 15.5. The Kier molecular flexibility index (Phi) is 11.9. The lowest BCUT2D eigenvalue weighted by atomic mass is 9.72. The highest BCUT2D eigenvalue weighted by molar-refractivity contribution is 7.90. The molecule has 10 rings (SSSR count). The highest BCUT2D eigenvalue weighted by atomic mass is 32.2. The van der Waals surface area contributed by atoms with Crippen molar-refractivity contribution in [3.8, 4) is 16.9 Å². The minimum atomic E-state index is -4.36. The van der Waals surface area contributed by atoms with Crippen molar-refractivity contribution in [3.63, 3.8) is 0 Å². The minimum Gasteiger partial charge on any atom is -0.496 e. The number of hydrogen-bond acceptors (Lipinski definition) is 11. The number of alkyl halides is 1. The van der Waals surface area contributed by atoms with E-state index in [-0.39, 0.29) is 49.2 Å². The smallest absolute Gasteiger partial charge is 0.301 e. The molecule has 3 aromatic carbocycles. The van der Waals surface area contributed by atoms with Gasteiger partial charge in [0, 0.05) is 117 Å². The number of carbonyl (C=O) groups excluding carboxylic acids is 4. The Balaban J connectivity index is 0.710. The summed E-state index contributed by atoms with van der Waals surface area (Å²) in [7, 11) is -2.84. The van der Waals surface area contributed by atoms with Crippen LogP contribution in [0.2, 0.25) is 0 Å². The Bertz CT molecular complexity index is 2930. The fourth-order valence-corrected chi connectivity index (χ4v) is 11.6. The first-order valence-corrected chi connectivity index (χ1v) is 24.2. The van der Waals surface area contributed by atoms with Gasteiger partial charge in [-0.2, -0.15) is 12.7 Å². The van der Waals surface area contributed by atoms with Crippen LogP contribution in [0.15, 0.2) is 73.1 Å². The molecule has 356 valence electrons. The highest BCUT2D eigenvalue weighted by Gasteiger charge is 2.52. The van der Waals surface area contributed by atoms with Gasteiger partial charge < -0.3 is 29.7 Å². The number of benzene rings is 3. The van der Waals surface area contributed by atoms with Gasteiger partial charge in [-0.25, -0.2) is 18.2 Å². The molecular formula is C48H50F3N9O7S. The van der Waals surface area contributed by atoms with Crippen molar-refractivity contribution in [2.24, 2.45) is 11.3 Å². The number of likely N-dealkylation sites (tertiary alicyclic amines) is 1. The van der Waals surface area contributed by atoms with Gasteiger partial charge in [0.25, 0.3) is 5.91 Å². The molecule has 2 atom stereocenters. The van der Waals surface area contributed by atoms with Gasteiger partial charge in [-0.05, 0) is 79.6 Å². The second-order valence-corrected chi connectivity index (χ2v) is 20.3. The number of fused-ring (bicyclic) bond motifs is 1. The van der Waals surface area contributed by atoms with Crippen LogP contribution in [0.1, 0.15) is 58.4 Å². The van der Waals surface area contributed by atoms with E-state index in [1.165, 1.54) is 13.3 Å². The van der Waals surface area contributed by atoms with Crippen molar-refractivity contribution in [3.05, 3.63) is 101 Å². The van der Waals surface area contributed by atoms with E-state index in [1.807, 2.05) is 29.0 Å². The maximum atomic E-state index is 15.8. The molecule has 68 heavy (non-hydrogen) atoms. The first-order chi connectivity index (χ1) is 32.7. The molecule has 5 aliphatic rings. The van der Waals surface area contributed by atoms with E-state index in [4.69, 9.17) is 4.74 Å². The summed E-state index contributed by atoms with van der Waals surface area (Å²) in [6, 6.07) is 16.2. The summed E-state index contributed by atoms with van der Waals surface area (Å²) >= 11 is 0. The molecule has 5 fully saturated rings. The zero-order valence-corrected chi connectivity index (χ0v) is 38.0. The second kappa shape index (κ2) is 17.9. The van der Waals surface area contributed by atoms with Gasteiger partial charge in [-0.15, -0.1) is 0 Å². The van der Waals surface area contributed by atoms with Crippen LogP contribution in [0.3, 0.4) is 0 Å². The number of piperidine rings is 2. The molecule has 5 aliphatic heterocycles. The number of amides is 3. The number of halogens is 3. The van der Waals surface area contributed by atoms with E-state index in [0.717, 1.165) is 92.0 Å². The van der Waals surface area contributed by atoms with Crippen molar-refractivity contribution in [2.45, 2.75) is 44.3 Å². The molecule has 16 nitrogen and oxygen atoms in total. The highest BCUT2D eigenvalue weighted by Crippen LogP contribution is 2.44. The van der Waals surface area contributed by atoms with E-state index in [0.29, 0.717) is 33.8 Å². The molecule has 0 radical (unpaired) electrons. The molecule has 5 aromatic rings. The van der Waals surface area contributed by atoms with Crippen molar-refractivity contribution in [2.75, 3.05) is 80.5 Å². The number of ether oxygens (including phenoxy) is 1. The summed E-state index contributed by atoms with van der Waals surface area (Å²) < 4.78 is 78.7. The number of carbonyl (C=O) groups is 4. The fraction of sp³-hybridized carbons (Fsp3) is 0.396. The maximum absolute atomic E-state index is 15.8. The maximum Gasteiger partial charge on any atom is 0.301 e. The molecule has 0 saturated carbocycles. The third-order valence-electron chi connectivity index (χ3n) is 14.0. The van der Waals surface area contributed by atoms with Gasteiger partial charge in [-0.1, -0.05) is 12.1 Å². The molecule has 4 N–H and O–H groups in total. The summed E-state index contributed by atoms with van der Waals surface area (Å²) in [5, 5.41) is 5.31. The molecule has 7 heterocycles. The minimum absolute atomic E-state index is 0.00273. The zero-order valence-electron chi connectivity index (χ0n) is 37.2. The van der Waals surface area contributed by atoms with Gasteiger partial charge in [0.2, 0.25) is 17.6 Å². The number of nitrogens with one attached hydrogen (secondary N) is 4. The van der Waals surface area contributed by atoms with Crippen LogP contribution in [-0.2, 0) is 19.8 Å². The molecular weight excluding hydrogens is 904 g/mol. The fourth-order valence-electron chi connectivity index (χ4n) is 10.3. The number of nitrogens with zero attached hydrogens (tertiary/aromatic N) is 5. The Morgan fingerprint density at radius 1 is 0.882 bits per heavy atom. The van der Waals surface area contributed by atoms with Gasteiger partial charge in [0.05, 0.1) is 23.9 Å². The van der Waals surface area contributed by atoms with E-state index in [9.17, 15) is 32.0 Å². The lowest BCUT2D eigenvalue weighted by Gasteiger charge is -2.61. The zero-order chi connectivity index (χ0) is 47.5. The van der Waals surface area contributed by atoms with Gasteiger partial charge in [0.1, 0.15) is 29.4 Å². The van der Waals surface area contributed by atoms with Crippen molar-refractivity contribution in [1.29, 1.82) is 0 Å². The Labute approximate surface area is 390 Å². The van der Waals surface area contributed by atoms with Crippen LogP contribution in [-0.4, -0.2) is 129 Å². The Hall–Kier alpha value is -6.51. The topological polar surface area (TPSA) is 189 Å². The predicted octanol–water partition coefficient (Wildman–Crippen LogP) is 5.02. The van der Waals surface area contributed by atoms with E-state index >= 15 is 8.78 Å². The van der Waals surface area contributed by atoms with E-state index in [1.54, 1.807) is 18.3 Å². The number of anilines is 3. The molecule has 0 aliphatic carbocycles. The van der Waals surface area contributed by atoms with Crippen LogP contribution in [0.5, 0.6) is 5.75 Å². The predicted molar refractivity (Wildman–Crippen MR) is 248 cm³/mol. The van der Waals surface area contributed by atoms with Crippen molar-refractivity contribution in [1.82, 2.24) is 29.8 Å². The number of imide groups is 1. The summed E-state index contributed by atoms with van der Waals surface area (Å²) in [5.74, 6) is -3.81. The quantitative estimate of drug-likeness (QED) is 0.0917. The normalized spacial score (nSPS) is 21.1. The summed E-state index contributed by atoms with van der Waals surface area (Å²) in [6.07, 6.45) is 4.19. The average molecular weight is 954 g/mol. The first kappa shape index (κ1) is 45.3. The standard InChI is InChI=1S/C48H50F3N9O7S/c1-67-40-19-33(6-7-34(40)46(63)54-39-10-11-41(61)55-47(39)64)59-26-48(27-59)24-57(25-48)22-28-12-15-58(16-13-28)32-4-2-29(3-5-32)30-18-35-36(21-53-45(35)52-20-30)44(62)42-37(50)8-9-38(43(42)51)56-68(65,66)60-17-14-31(49)23-60/h2-9,18-21,28,31,39,56H,10-17,22-27H2,1H3,(H,52,53)(H,54,63)(H,55,61,64)/t31-,39+/m1/s1. The SMILES string of the molecule is COc1cc(N2CC3(CN(CC4CCN(c5ccc(-c6cnc7[nH]cc(C(=O)c8c(F)ccc(NS(=O)(=O)N9CC[C@@H](F)C9)c8F)c7c6)cc5)CC4)C3)C2)ccc1C(=O)N[C@H]1CCC(=O)NC1=O. The van der Waals surface area contributed by atoms with Gasteiger partial charge >= 0.3 is 10.2 Å². The Morgan fingerprint density at radius 2 is 1.63 bits per heavy atom. The number of ketones is 1. The van der Waals surface area contributed by atoms with Crippen LogP contribution < -0.4 is 29.9 Å². The first-order valence-electron chi connectivity index (χ1n) is 22.7. The van der Waals surface area contributed by atoms with Gasteiger partial charge in [-0.3, -0.25) is 29.2 Å². The van der Waals surface area contributed by atoms with E-state index < -0.39 is 62.9 Å².